The van der Waals surface area contributed by atoms with Gasteiger partial charge in [0.05, 0.1) is 0 Å². The molecule has 0 amide bonds. The first kappa shape index (κ1) is 27.2. The standard InChI is InChI=1S/C17H26NO2Se.C5H5.Fe/c1-6-9-14(12-17(19)20-7-2)21-16-11-8-10-15(16)13(3)18(4)5;1-2-4-5-3-1;/h8,10-13H,6-7,9H2,1-5H3;1-5H;/b14-12-;;/t13-;;/m0../s1. The number of hydrogen-bond donors (Lipinski definition) is 0. The number of nitrogens with zero attached hydrogens (tertiary/aromatic N) is 1. The molecule has 0 spiro atoms. The van der Waals surface area contributed by atoms with Gasteiger partial charge < -0.3 is 0 Å². The maximum absolute atomic E-state index is 11.7. The van der Waals surface area contributed by atoms with Crippen LogP contribution in [0.2, 0.25) is 0 Å². The van der Waals surface area contributed by atoms with E-state index in [0.717, 1.165) is 12.8 Å². The van der Waals surface area contributed by atoms with Crippen LogP contribution in [0.4, 0.5) is 0 Å². The van der Waals surface area contributed by atoms with Crippen molar-refractivity contribution in [2.75, 3.05) is 20.7 Å². The summed E-state index contributed by atoms with van der Waals surface area (Å²) in [6.07, 6.45) is 20.2. The molecule has 1 atom stereocenters. The zero-order valence-corrected chi connectivity index (χ0v) is 19.7. The quantitative estimate of drug-likeness (QED) is 0.305. The zero-order valence-electron chi connectivity index (χ0n) is 16.9. The molecule has 0 saturated heterocycles. The minimum atomic E-state index is -0.211. The third-order valence-electron chi connectivity index (χ3n) is 3.89. The summed E-state index contributed by atoms with van der Waals surface area (Å²) in [4.78, 5) is 15.3. The number of carbonyl (C=O) groups excluding carboxylic acids is 1. The number of ether oxygens (including phenoxy) is 1. The summed E-state index contributed by atoms with van der Waals surface area (Å²) < 4.78 is 6.25. The fourth-order valence-corrected chi connectivity index (χ4v) is 4.93. The Morgan fingerprint density at radius 2 is 1.70 bits per heavy atom. The van der Waals surface area contributed by atoms with Gasteiger partial charge in [-0.1, -0.05) is 0 Å². The molecular formula is C22H31FeNO2Se. The van der Waals surface area contributed by atoms with Gasteiger partial charge in [0.2, 0.25) is 0 Å². The molecule has 2 saturated carbocycles. The van der Waals surface area contributed by atoms with Crippen LogP contribution in [0.15, 0.2) is 10.5 Å². The molecule has 0 aromatic rings. The van der Waals surface area contributed by atoms with Crippen LogP contribution >= 0.6 is 0 Å². The fourth-order valence-electron chi connectivity index (χ4n) is 2.31. The van der Waals surface area contributed by atoms with E-state index in [-0.39, 0.29) is 38.0 Å². The monoisotopic (exact) mass is 477 g/mol. The van der Waals surface area contributed by atoms with E-state index in [9.17, 15) is 4.79 Å². The molecule has 2 aliphatic carbocycles. The van der Waals surface area contributed by atoms with Gasteiger partial charge in [-0.3, -0.25) is 0 Å². The molecule has 0 unspecified atom stereocenters. The van der Waals surface area contributed by atoms with E-state index < -0.39 is 0 Å². The van der Waals surface area contributed by atoms with Crippen molar-refractivity contribution in [2.45, 2.75) is 39.7 Å². The zero-order chi connectivity index (χ0) is 19.4. The van der Waals surface area contributed by atoms with Crippen LogP contribution in [0.25, 0.3) is 0 Å². The molecule has 0 heterocycles. The second kappa shape index (κ2) is 16.1. The molecule has 0 aromatic carbocycles. The van der Waals surface area contributed by atoms with Crippen molar-refractivity contribution >= 4 is 20.9 Å². The second-order valence-corrected chi connectivity index (χ2v) is 8.61. The molecule has 0 aromatic heterocycles. The van der Waals surface area contributed by atoms with Crippen molar-refractivity contribution in [3.63, 3.8) is 0 Å². The Morgan fingerprint density at radius 1 is 1.11 bits per heavy atom. The van der Waals surface area contributed by atoms with Crippen LogP contribution < -0.4 is 0 Å². The first-order chi connectivity index (χ1) is 12.5. The summed E-state index contributed by atoms with van der Waals surface area (Å²) in [7, 11) is 4.19. The molecule has 2 aliphatic rings. The van der Waals surface area contributed by atoms with E-state index in [4.69, 9.17) is 4.74 Å². The Kier molecular flexibility index (Phi) is 16.2. The van der Waals surface area contributed by atoms with Crippen LogP contribution in [0.1, 0.15) is 33.6 Å². The molecular weight excluding hydrogens is 445 g/mol. The molecule has 2 rings (SSSR count). The minimum absolute atomic E-state index is 0. The Morgan fingerprint density at radius 3 is 2.19 bits per heavy atom. The maximum atomic E-state index is 11.7. The average molecular weight is 476 g/mol. The maximum Gasteiger partial charge on any atom is 0 e. The van der Waals surface area contributed by atoms with Crippen LogP contribution in [0.3, 0.4) is 0 Å². The van der Waals surface area contributed by atoms with Gasteiger partial charge in [0.15, 0.2) is 0 Å². The summed E-state index contributed by atoms with van der Waals surface area (Å²) in [5.74, 6) is 1.16. The first-order valence-electron chi connectivity index (χ1n) is 9.13. The number of carbonyl (C=O) groups is 1. The normalized spacial score (nSPS) is 19.4. The minimum Gasteiger partial charge on any atom is -0.0312 e. The van der Waals surface area contributed by atoms with E-state index in [1.165, 1.54) is 15.2 Å². The van der Waals surface area contributed by atoms with Crippen molar-refractivity contribution in [3.8, 4) is 0 Å². The molecule has 2 fully saturated rings. The van der Waals surface area contributed by atoms with Gasteiger partial charge in [-0.25, -0.2) is 0 Å². The predicted octanol–water partition coefficient (Wildman–Crippen LogP) is 3.64. The SMILES string of the molecule is CCC/C(=C/C(=O)OCC)[Se][C]1[CH][CH][CH][C]1[C@H](C)N(C)C.[CH]1[CH][CH][CH][CH]1.[Fe]. The summed E-state index contributed by atoms with van der Waals surface area (Å²) >= 11 is 0.186. The number of allylic oxidation sites excluding steroid dienone is 1. The van der Waals surface area contributed by atoms with E-state index in [1.54, 1.807) is 6.08 Å². The molecule has 10 radical (unpaired) electrons. The molecule has 27 heavy (non-hydrogen) atoms. The Hall–Kier alpha value is 0.209. The first-order valence-corrected chi connectivity index (χ1v) is 10.8. The largest absolute Gasteiger partial charge is 0.0312 e. The summed E-state index contributed by atoms with van der Waals surface area (Å²) in [5, 5.41) is 0. The van der Waals surface area contributed by atoms with Gasteiger partial charge in [-0.15, -0.1) is 0 Å². The van der Waals surface area contributed by atoms with Gasteiger partial charge >= 0.3 is 136 Å². The van der Waals surface area contributed by atoms with Crippen LogP contribution in [-0.4, -0.2) is 52.6 Å². The smallest absolute Gasteiger partial charge is 0 e. The Bertz CT molecular complexity index is 417. The Labute approximate surface area is 185 Å². The van der Waals surface area contributed by atoms with Crippen molar-refractivity contribution in [2.24, 2.45) is 0 Å². The van der Waals surface area contributed by atoms with Gasteiger partial charge in [0.25, 0.3) is 0 Å². The van der Waals surface area contributed by atoms with Crippen molar-refractivity contribution in [1.82, 2.24) is 4.90 Å². The van der Waals surface area contributed by atoms with Crippen LogP contribution in [-0.2, 0) is 26.6 Å². The predicted molar refractivity (Wildman–Crippen MR) is 109 cm³/mol. The number of rotatable bonds is 8. The van der Waals surface area contributed by atoms with Crippen molar-refractivity contribution in [3.05, 3.63) is 72.6 Å². The van der Waals surface area contributed by atoms with Gasteiger partial charge in [0.1, 0.15) is 0 Å². The second-order valence-electron chi connectivity index (χ2n) is 6.16. The van der Waals surface area contributed by atoms with Gasteiger partial charge in [0, 0.05) is 17.1 Å². The van der Waals surface area contributed by atoms with Crippen LogP contribution in [0, 0.1) is 62.1 Å². The Balaban J connectivity index is 0.000000969. The van der Waals surface area contributed by atoms with E-state index in [2.05, 4.69) is 52.1 Å². The number of esters is 1. The fraction of sp³-hybridized carbons (Fsp3) is 0.409. The molecule has 150 valence electrons. The van der Waals surface area contributed by atoms with Gasteiger partial charge in [-0.05, 0) is 32.1 Å². The third-order valence-corrected chi connectivity index (χ3v) is 6.36. The van der Waals surface area contributed by atoms with E-state index >= 15 is 0 Å². The molecule has 0 aliphatic heterocycles. The molecule has 5 heteroatoms. The molecule has 3 nitrogen and oxygen atoms in total. The van der Waals surface area contributed by atoms with Gasteiger partial charge in [-0.2, -0.15) is 0 Å². The van der Waals surface area contributed by atoms with Crippen molar-refractivity contribution < 1.29 is 26.6 Å². The number of hydrogen-bond acceptors (Lipinski definition) is 3. The van der Waals surface area contributed by atoms with E-state index in [1.807, 2.05) is 39.0 Å². The average Bonchev–Trinajstić information content (AvgIpc) is 3.29. The van der Waals surface area contributed by atoms with Crippen molar-refractivity contribution in [1.29, 1.82) is 0 Å². The van der Waals surface area contributed by atoms with E-state index in [0.29, 0.717) is 12.6 Å². The summed E-state index contributed by atoms with van der Waals surface area (Å²) in [6.45, 7) is 6.62. The molecule has 0 bridgehead atoms. The third kappa shape index (κ3) is 11.1. The summed E-state index contributed by atoms with van der Waals surface area (Å²) in [6, 6.07) is 0.391. The summed E-state index contributed by atoms with van der Waals surface area (Å²) in [5.41, 5.74) is 0. The topological polar surface area (TPSA) is 29.5 Å². The van der Waals surface area contributed by atoms with Crippen LogP contribution in [0.5, 0.6) is 0 Å². The molecule has 0 N–H and O–H groups in total.